The largest absolute Gasteiger partial charge is 0.493 e. The molecule has 6 heteroatoms. The Kier molecular flexibility index (Phi) is 5.86. The molecule has 0 atom stereocenters. The van der Waals surface area contributed by atoms with Crippen molar-refractivity contribution in [1.29, 1.82) is 0 Å². The van der Waals surface area contributed by atoms with Crippen molar-refractivity contribution in [3.05, 3.63) is 76.9 Å². The quantitative estimate of drug-likeness (QED) is 0.646. The lowest BCUT2D eigenvalue weighted by atomic mass is 10.2. The van der Waals surface area contributed by atoms with Crippen LogP contribution in [0.3, 0.4) is 0 Å². The smallest absolute Gasteiger partial charge is 0.161 e. The molecule has 0 fully saturated rings. The van der Waals surface area contributed by atoms with Gasteiger partial charge in [-0.25, -0.2) is 4.39 Å². The number of hydrogen-bond donors (Lipinski definition) is 2. The second kappa shape index (κ2) is 8.49. The average Bonchev–Trinajstić information content (AvgIpc) is 3.06. The molecule has 26 heavy (non-hydrogen) atoms. The molecule has 0 bridgehead atoms. The lowest BCUT2D eigenvalue weighted by Gasteiger charge is -2.13. The van der Waals surface area contributed by atoms with Gasteiger partial charge in [-0.05, 0) is 36.8 Å². The van der Waals surface area contributed by atoms with Gasteiger partial charge in [-0.1, -0.05) is 24.3 Å². The van der Waals surface area contributed by atoms with E-state index >= 15 is 0 Å². The molecule has 0 amide bonds. The maximum atomic E-state index is 13.8. The van der Waals surface area contributed by atoms with Crippen LogP contribution in [0.25, 0.3) is 0 Å². The highest BCUT2D eigenvalue weighted by atomic mass is 19.1. The van der Waals surface area contributed by atoms with E-state index in [-0.39, 0.29) is 12.4 Å². The summed E-state index contributed by atoms with van der Waals surface area (Å²) < 4.78 is 24.9. The van der Waals surface area contributed by atoms with Gasteiger partial charge in [0.15, 0.2) is 11.5 Å². The number of halogens is 1. The summed E-state index contributed by atoms with van der Waals surface area (Å²) in [6, 6.07) is 14.3. The topological polar surface area (TPSA) is 59.2 Å². The summed E-state index contributed by atoms with van der Waals surface area (Å²) >= 11 is 0. The molecule has 136 valence electrons. The molecule has 1 heterocycles. The van der Waals surface area contributed by atoms with Gasteiger partial charge in [0.25, 0.3) is 0 Å². The van der Waals surface area contributed by atoms with Gasteiger partial charge in [0.05, 0.1) is 12.8 Å². The van der Waals surface area contributed by atoms with Crippen molar-refractivity contribution >= 4 is 0 Å². The summed E-state index contributed by atoms with van der Waals surface area (Å²) in [4.78, 5) is 0. The van der Waals surface area contributed by atoms with E-state index in [9.17, 15) is 4.39 Å². The van der Waals surface area contributed by atoms with Gasteiger partial charge in [-0.3, -0.25) is 5.10 Å². The Morgan fingerprint density at radius 1 is 1.08 bits per heavy atom. The molecule has 0 saturated heterocycles. The number of aromatic amines is 1. The zero-order valence-electron chi connectivity index (χ0n) is 14.9. The Labute approximate surface area is 152 Å². The molecule has 1 aromatic heterocycles. The molecular weight excluding hydrogens is 333 g/mol. The van der Waals surface area contributed by atoms with Crippen LogP contribution < -0.4 is 14.8 Å². The average molecular weight is 355 g/mol. The van der Waals surface area contributed by atoms with Gasteiger partial charge in [0, 0.05) is 24.3 Å². The first-order valence-electron chi connectivity index (χ1n) is 8.40. The molecular formula is C20H22FN3O2. The summed E-state index contributed by atoms with van der Waals surface area (Å²) in [6.07, 6.45) is 0. The molecule has 3 rings (SSSR count). The number of nitrogens with one attached hydrogen (secondary N) is 2. The molecule has 3 aromatic rings. The van der Waals surface area contributed by atoms with Gasteiger partial charge in [-0.15, -0.1) is 0 Å². The highest BCUT2D eigenvalue weighted by Crippen LogP contribution is 2.29. The Balaban J connectivity index is 1.63. The van der Waals surface area contributed by atoms with Gasteiger partial charge in [-0.2, -0.15) is 5.10 Å². The van der Waals surface area contributed by atoms with Gasteiger partial charge in [0.2, 0.25) is 0 Å². The molecule has 0 unspecified atom stereocenters. The maximum Gasteiger partial charge on any atom is 0.161 e. The van der Waals surface area contributed by atoms with Crippen molar-refractivity contribution in [3.63, 3.8) is 0 Å². The van der Waals surface area contributed by atoms with Crippen LogP contribution in [0.4, 0.5) is 4.39 Å². The number of benzene rings is 2. The van der Waals surface area contributed by atoms with Gasteiger partial charge >= 0.3 is 0 Å². The van der Waals surface area contributed by atoms with Crippen LogP contribution in [0.15, 0.2) is 48.5 Å². The molecule has 0 aliphatic carbocycles. The fourth-order valence-electron chi connectivity index (χ4n) is 2.61. The minimum absolute atomic E-state index is 0.145. The standard InChI is InChI=1S/C20H22FN3O2/c1-14-9-17(24-23-14)12-22-11-15-7-8-19(25-2)20(10-15)26-13-16-5-3-4-6-18(16)21/h3-10,22H,11-13H2,1-2H3,(H,23,24). The second-order valence-corrected chi connectivity index (χ2v) is 6.01. The Morgan fingerprint density at radius 3 is 2.65 bits per heavy atom. The summed E-state index contributed by atoms with van der Waals surface area (Å²) in [6.45, 7) is 3.44. The van der Waals surface area contributed by atoms with E-state index < -0.39 is 0 Å². The number of ether oxygens (including phenoxy) is 2. The third-order valence-electron chi connectivity index (χ3n) is 3.96. The minimum Gasteiger partial charge on any atom is -0.493 e. The predicted octanol–water partition coefficient (Wildman–Crippen LogP) is 3.73. The number of rotatable bonds is 8. The molecule has 2 aromatic carbocycles. The van der Waals surface area contributed by atoms with Crippen LogP contribution in [-0.2, 0) is 19.7 Å². The SMILES string of the molecule is COc1ccc(CNCc2cc(C)[nH]n2)cc1OCc1ccccc1F. The third-order valence-corrected chi connectivity index (χ3v) is 3.96. The van der Waals surface area contributed by atoms with Crippen LogP contribution >= 0.6 is 0 Å². The summed E-state index contributed by atoms with van der Waals surface area (Å²) in [5, 5.41) is 10.5. The molecule has 0 radical (unpaired) electrons. The zero-order chi connectivity index (χ0) is 18.4. The Morgan fingerprint density at radius 2 is 1.92 bits per heavy atom. The fourth-order valence-corrected chi connectivity index (χ4v) is 2.61. The van der Waals surface area contributed by atoms with Crippen molar-refractivity contribution < 1.29 is 13.9 Å². The molecule has 5 nitrogen and oxygen atoms in total. The number of hydrogen-bond acceptors (Lipinski definition) is 4. The van der Waals surface area contributed by atoms with Crippen LogP contribution in [-0.4, -0.2) is 17.3 Å². The number of nitrogens with zero attached hydrogens (tertiary/aromatic N) is 1. The Hall–Kier alpha value is -2.86. The van der Waals surface area contributed by atoms with E-state index in [1.54, 1.807) is 25.3 Å². The maximum absolute atomic E-state index is 13.8. The first-order chi connectivity index (χ1) is 12.7. The normalized spacial score (nSPS) is 10.7. The van der Waals surface area contributed by atoms with E-state index in [1.165, 1.54) is 6.07 Å². The lowest BCUT2D eigenvalue weighted by Crippen LogP contribution is -2.13. The van der Waals surface area contributed by atoms with Crippen molar-refractivity contribution in [2.24, 2.45) is 0 Å². The van der Waals surface area contributed by atoms with E-state index in [2.05, 4.69) is 15.5 Å². The lowest BCUT2D eigenvalue weighted by molar-refractivity contribution is 0.279. The number of methoxy groups -OCH3 is 1. The monoisotopic (exact) mass is 355 g/mol. The van der Waals surface area contributed by atoms with Crippen molar-refractivity contribution in [1.82, 2.24) is 15.5 Å². The van der Waals surface area contributed by atoms with Crippen molar-refractivity contribution in [2.45, 2.75) is 26.6 Å². The molecule has 0 saturated carbocycles. The minimum atomic E-state index is -0.279. The van der Waals surface area contributed by atoms with Crippen LogP contribution in [0.5, 0.6) is 11.5 Å². The summed E-state index contributed by atoms with van der Waals surface area (Å²) in [5.41, 5.74) is 3.55. The van der Waals surface area contributed by atoms with Crippen LogP contribution in [0.1, 0.15) is 22.5 Å². The van der Waals surface area contributed by atoms with E-state index in [0.717, 1.165) is 17.0 Å². The molecule has 0 spiro atoms. The number of aryl methyl sites for hydroxylation is 1. The van der Waals surface area contributed by atoms with Crippen LogP contribution in [0.2, 0.25) is 0 Å². The first kappa shape index (κ1) is 17.9. The highest BCUT2D eigenvalue weighted by molar-refractivity contribution is 5.43. The number of aromatic nitrogens is 2. The molecule has 2 N–H and O–H groups in total. The predicted molar refractivity (Wildman–Crippen MR) is 97.6 cm³/mol. The first-order valence-corrected chi connectivity index (χ1v) is 8.40. The van der Waals surface area contributed by atoms with E-state index in [1.807, 2.05) is 31.2 Å². The Bertz CT molecular complexity index is 864. The summed E-state index contributed by atoms with van der Waals surface area (Å²) in [5.74, 6) is 0.928. The van der Waals surface area contributed by atoms with Gasteiger partial charge < -0.3 is 14.8 Å². The number of H-pyrrole nitrogens is 1. The fraction of sp³-hybridized carbons (Fsp3) is 0.250. The summed E-state index contributed by atoms with van der Waals surface area (Å²) in [7, 11) is 1.59. The van der Waals surface area contributed by atoms with E-state index in [4.69, 9.17) is 9.47 Å². The van der Waals surface area contributed by atoms with E-state index in [0.29, 0.717) is 30.2 Å². The van der Waals surface area contributed by atoms with Crippen LogP contribution in [0, 0.1) is 12.7 Å². The molecule has 0 aliphatic rings. The van der Waals surface area contributed by atoms with Crippen molar-refractivity contribution in [3.8, 4) is 11.5 Å². The second-order valence-electron chi connectivity index (χ2n) is 6.01. The van der Waals surface area contributed by atoms with Crippen molar-refractivity contribution in [2.75, 3.05) is 7.11 Å². The third kappa shape index (κ3) is 4.61. The highest BCUT2D eigenvalue weighted by Gasteiger charge is 2.08. The van der Waals surface area contributed by atoms with Gasteiger partial charge in [0.1, 0.15) is 12.4 Å². The zero-order valence-corrected chi connectivity index (χ0v) is 14.9. The molecule has 0 aliphatic heterocycles.